The van der Waals surface area contributed by atoms with Gasteiger partial charge in [-0.25, -0.2) is 0 Å². The second-order valence-electron chi connectivity index (χ2n) is 3.50. The number of ether oxygens (including phenoxy) is 1. The normalized spacial score (nSPS) is 19.9. The van der Waals surface area contributed by atoms with Gasteiger partial charge in [0.15, 0.2) is 0 Å². The summed E-state index contributed by atoms with van der Waals surface area (Å²) in [6.07, 6.45) is 1.29. The second kappa shape index (κ2) is 3.27. The summed E-state index contributed by atoms with van der Waals surface area (Å²) in [5.74, 6) is 0.280. The molecule has 0 bridgehead atoms. The van der Waals surface area contributed by atoms with E-state index in [2.05, 4.69) is 25.7 Å². The van der Waals surface area contributed by atoms with Gasteiger partial charge in [-0.3, -0.25) is 4.79 Å². The van der Waals surface area contributed by atoms with Crippen LogP contribution in [-0.4, -0.2) is 24.7 Å². The van der Waals surface area contributed by atoms with E-state index in [1.165, 1.54) is 6.08 Å². The standard InChI is InChI=1S/C9H15NO2/c1-4-8(11)10-9(7(2)3)5-12-6-9/h4,7H,1,5-6H2,2-3H3,(H,10,11). The van der Waals surface area contributed by atoms with Crippen molar-refractivity contribution in [1.82, 2.24) is 5.32 Å². The highest BCUT2D eigenvalue weighted by Gasteiger charge is 2.42. The Hall–Kier alpha value is -0.830. The SMILES string of the molecule is C=CC(=O)NC1(C(C)C)COC1. The summed E-state index contributed by atoms with van der Waals surface area (Å²) in [7, 11) is 0. The molecule has 0 radical (unpaired) electrons. The van der Waals surface area contributed by atoms with Gasteiger partial charge >= 0.3 is 0 Å². The fourth-order valence-electron chi connectivity index (χ4n) is 1.17. The Bertz CT molecular complexity index is 195. The number of hydrogen-bond acceptors (Lipinski definition) is 2. The number of carbonyl (C=O) groups is 1. The number of nitrogens with one attached hydrogen (secondary N) is 1. The van der Waals surface area contributed by atoms with Crippen molar-refractivity contribution >= 4 is 5.91 Å². The van der Waals surface area contributed by atoms with E-state index in [0.717, 1.165) is 0 Å². The molecule has 1 rings (SSSR count). The summed E-state index contributed by atoms with van der Waals surface area (Å²) in [5.41, 5.74) is -0.148. The molecule has 1 fully saturated rings. The highest BCUT2D eigenvalue weighted by atomic mass is 16.5. The first-order valence-electron chi connectivity index (χ1n) is 4.13. The minimum Gasteiger partial charge on any atom is -0.376 e. The van der Waals surface area contributed by atoms with Gasteiger partial charge in [0.2, 0.25) is 5.91 Å². The molecule has 12 heavy (non-hydrogen) atoms. The molecule has 0 aromatic rings. The van der Waals surface area contributed by atoms with Gasteiger partial charge in [0, 0.05) is 0 Å². The molecular weight excluding hydrogens is 154 g/mol. The van der Waals surface area contributed by atoms with E-state index in [0.29, 0.717) is 19.1 Å². The maximum absolute atomic E-state index is 11.0. The Labute approximate surface area is 72.8 Å². The summed E-state index contributed by atoms with van der Waals surface area (Å²) in [6, 6.07) is 0. The summed E-state index contributed by atoms with van der Waals surface area (Å²) < 4.78 is 5.10. The Morgan fingerprint density at radius 2 is 2.25 bits per heavy atom. The van der Waals surface area contributed by atoms with E-state index in [1.54, 1.807) is 0 Å². The van der Waals surface area contributed by atoms with E-state index < -0.39 is 0 Å². The van der Waals surface area contributed by atoms with Crippen LogP contribution in [0.15, 0.2) is 12.7 Å². The number of rotatable bonds is 3. The molecule has 68 valence electrons. The van der Waals surface area contributed by atoms with Crippen molar-refractivity contribution in [3.05, 3.63) is 12.7 Å². The van der Waals surface area contributed by atoms with E-state index >= 15 is 0 Å². The zero-order valence-corrected chi connectivity index (χ0v) is 7.59. The monoisotopic (exact) mass is 169 g/mol. The van der Waals surface area contributed by atoms with Crippen molar-refractivity contribution in [2.75, 3.05) is 13.2 Å². The summed E-state index contributed by atoms with van der Waals surface area (Å²) in [5, 5.41) is 2.90. The van der Waals surface area contributed by atoms with Gasteiger partial charge in [0.1, 0.15) is 0 Å². The first-order chi connectivity index (χ1) is 5.60. The first kappa shape index (κ1) is 9.26. The van der Waals surface area contributed by atoms with Crippen LogP contribution in [-0.2, 0) is 9.53 Å². The lowest BCUT2D eigenvalue weighted by Crippen LogP contribution is -2.65. The van der Waals surface area contributed by atoms with Gasteiger partial charge in [-0.05, 0) is 12.0 Å². The van der Waals surface area contributed by atoms with Crippen LogP contribution < -0.4 is 5.32 Å². The van der Waals surface area contributed by atoms with Crippen molar-refractivity contribution in [1.29, 1.82) is 0 Å². The van der Waals surface area contributed by atoms with E-state index in [1.807, 2.05) is 0 Å². The molecule has 0 unspecified atom stereocenters. The molecular formula is C9H15NO2. The summed E-state index contributed by atoms with van der Waals surface area (Å²) in [4.78, 5) is 11.0. The molecule has 0 aliphatic carbocycles. The highest BCUT2D eigenvalue weighted by Crippen LogP contribution is 2.25. The van der Waals surface area contributed by atoms with Crippen molar-refractivity contribution < 1.29 is 9.53 Å². The molecule has 1 heterocycles. The van der Waals surface area contributed by atoms with Crippen molar-refractivity contribution in [3.63, 3.8) is 0 Å². The predicted molar refractivity (Wildman–Crippen MR) is 46.7 cm³/mol. The molecule has 1 N–H and O–H groups in total. The predicted octanol–water partition coefficient (Wildman–Crippen LogP) is 0.714. The summed E-state index contributed by atoms with van der Waals surface area (Å²) >= 11 is 0. The van der Waals surface area contributed by atoms with Gasteiger partial charge in [0.25, 0.3) is 0 Å². The number of amides is 1. The van der Waals surface area contributed by atoms with Crippen molar-refractivity contribution in [2.45, 2.75) is 19.4 Å². The van der Waals surface area contributed by atoms with E-state index in [4.69, 9.17) is 4.74 Å². The van der Waals surface area contributed by atoms with Crippen molar-refractivity contribution in [3.8, 4) is 0 Å². The third-order valence-electron chi connectivity index (χ3n) is 2.38. The van der Waals surface area contributed by atoms with Crippen LogP contribution in [0.5, 0.6) is 0 Å². The molecule has 1 saturated heterocycles. The van der Waals surface area contributed by atoms with Crippen LogP contribution >= 0.6 is 0 Å². The minimum atomic E-state index is -0.148. The molecule has 3 nitrogen and oxygen atoms in total. The molecule has 1 aliphatic rings. The topological polar surface area (TPSA) is 38.3 Å². The average Bonchev–Trinajstić information content (AvgIpc) is 1.95. The van der Waals surface area contributed by atoms with Crippen LogP contribution in [0, 0.1) is 5.92 Å². The molecule has 0 aromatic heterocycles. The van der Waals surface area contributed by atoms with Crippen molar-refractivity contribution in [2.24, 2.45) is 5.92 Å². The third kappa shape index (κ3) is 1.50. The number of carbonyl (C=O) groups excluding carboxylic acids is 1. The molecule has 3 heteroatoms. The minimum absolute atomic E-state index is 0.119. The van der Waals surface area contributed by atoms with Gasteiger partial charge in [-0.15, -0.1) is 0 Å². The first-order valence-corrected chi connectivity index (χ1v) is 4.13. The average molecular weight is 169 g/mol. The maximum atomic E-state index is 11.0. The highest BCUT2D eigenvalue weighted by molar-refractivity contribution is 5.87. The third-order valence-corrected chi connectivity index (χ3v) is 2.38. The zero-order valence-electron chi connectivity index (χ0n) is 7.59. The van der Waals surface area contributed by atoms with Crippen LogP contribution in [0.2, 0.25) is 0 Å². The quantitative estimate of drug-likeness (QED) is 0.632. The molecule has 1 aliphatic heterocycles. The lowest BCUT2D eigenvalue weighted by atomic mass is 9.84. The van der Waals surface area contributed by atoms with Crippen LogP contribution in [0.25, 0.3) is 0 Å². The lowest BCUT2D eigenvalue weighted by molar-refractivity contribution is -0.133. The fraction of sp³-hybridized carbons (Fsp3) is 0.667. The Kier molecular flexibility index (Phi) is 2.52. The fourth-order valence-corrected chi connectivity index (χ4v) is 1.17. The zero-order chi connectivity index (χ0) is 9.19. The summed E-state index contributed by atoms with van der Waals surface area (Å²) in [6.45, 7) is 8.79. The Morgan fingerprint density at radius 3 is 2.50 bits per heavy atom. The molecule has 0 spiro atoms. The van der Waals surface area contributed by atoms with Crippen LogP contribution in [0.4, 0.5) is 0 Å². The van der Waals surface area contributed by atoms with Crippen LogP contribution in [0.3, 0.4) is 0 Å². The van der Waals surface area contributed by atoms with E-state index in [-0.39, 0.29) is 11.4 Å². The molecule has 0 aromatic carbocycles. The van der Waals surface area contributed by atoms with Gasteiger partial charge < -0.3 is 10.1 Å². The number of hydrogen-bond donors (Lipinski definition) is 1. The lowest BCUT2D eigenvalue weighted by Gasteiger charge is -2.45. The second-order valence-corrected chi connectivity index (χ2v) is 3.50. The van der Waals surface area contributed by atoms with Gasteiger partial charge in [0.05, 0.1) is 18.8 Å². The van der Waals surface area contributed by atoms with Crippen LogP contribution in [0.1, 0.15) is 13.8 Å². The van der Waals surface area contributed by atoms with E-state index in [9.17, 15) is 4.79 Å². The van der Waals surface area contributed by atoms with Gasteiger partial charge in [-0.2, -0.15) is 0 Å². The Morgan fingerprint density at radius 1 is 1.67 bits per heavy atom. The largest absolute Gasteiger partial charge is 0.376 e. The smallest absolute Gasteiger partial charge is 0.243 e. The molecule has 1 amide bonds. The molecule has 0 saturated carbocycles. The van der Waals surface area contributed by atoms with Gasteiger partial charge in [-0.1, -0.05) is 20.4 Å². The Balaban J connectivity index is 2.56. The molecule has 0 atom stereocenters. The maximum Gasteiger partial charge on any atom is 0.243 e.